The fraction of sp³-hybridized carbons (Fsp3) is 0.857. The molecule has 1 aliphatic rings. The standard InChI is InChI=1S/C7H11NOS/c1-10-5-4-7(2-3-7)8-6-9/h2-5H2,1H3. The maximum Gasteiger partial charge on any atom is 0.235 e. The zero-order valence-electron chi connectivity index (χ0n) is 6.09. The molecule has 10 heavy (non-hydrogen) atoms. The third kappa shape index (κ3) is 1.86. The highest BCUT2D eigenvalue weighted by Gasteiger charge is 2.41. The van der Waals surface area contributed by atoms with Crippen molar-refractivity contribution >= 4 is 17.8 Å². The Balaban J connectivity index is 2.30. The second-order valence-corrected chi connectivity index (χ2v) is 3.66. The third-order valence-corrected chi connectivity index (χ3v) is 2.49. The van der Waals surface area contributed by atoms with Gasteiger partial charge in [0.2, 0.25) is 6.08 Å². The highest BCUT2D eigenvalue weighted by molar-refractivity contribution is 7.98. The number of aliphatic imine (C=N–C) groups is 1. The topological polar surface area (TPSA) is 29.4 Å². The molecule has 0 unspecified atom stereocenters. The van der Waals surface area contributed by atoms with Crippen LogP contribution in [0, 0.1) is 0 Å². The zero-order chi connectivity index (χ0) is 7.45. The Morgan fingerprint density at radius 2 is 2.40 bits per heavy atom. The van der Waals surface area contributed by atoms with E-state index in [4.69, 9.17) is 0 Å². The van der Waals surface area contributed by atoms with Gasteiger partial charge in [-0.2, -0.15) is 16.8 Å². The summed E-state index contributed by atoms with van der Waals surface area (Å²) >= 11 is 1.80. The summed E-state index contributed by atoms with van der Waals surface area (Å²) in [4.78, 5) is 13.7. The van der Waals surface area contributed by atoms with Crippen LogP contribution in [0.1, 0.15) is 19.3 Å². The third-order valence-electron chi connectivity index (χ3n) is 1.88. The van der Waals surface area contributed by atoms with Crippen LogP contribution in [-0.2, 0) is 4.79 Å². The molecule has 0 atom stereocenters. The first-order valence-electron chi connectivity index (χ1n) is 3.41. The molecule has 0 aromatic carbocycles. The van der Waals surface area contributed by atoms with Gasteiger partial charge in [-0.3, -0.25) is 0 Å². The number of hydrogen-bond donors (Lipinski definition) is 0. The number of thioether (sulfide) groups is 1. The Morgan fingerprint density at radius 1 is 1.70 bits per heavy atom. The normalized spacial score (nSPS) is 19.7. The van der Waals surface area contributed by atoms with Crippen LogP contribution >= 0.6 is 11.8 Å². The molecule has 0 saturated heterocycles. The Hall–Kier alpha value is -0.270. The van der Waals surface area contributed by atoms with Crippen LogP contribution in [-0.4, -0.2) is 23.6 Å². The lowest BCUT2D eigenvalue weighted by Crippen LogP contribution is -2.04. The van der Waals surface area contributed by atoms with E-state index in [1.165, 1.54) is 0 Å². The van der Waals surface area contributed by atoms with Crippen LogP contribution in [0.3, 0.4) is 0 Å². The average Bonchev–Trinajstić information content (AvgIpc) is 2.67. The van der Waals surface area contributed by atoms with E-state index in [0.29, 0.717) is 0 Å². The first kappa shape index (κ1) is 7.83. The largest absolute Gasteiger partial charge is 0.235 e. The van der Waals surface area contributed by atoms with Crippen LogP contribution in [0.4, 0.5) is 0 Å². The second-order valence-electron chi connectivity index (χ2n) is 2.67. The predicted octanol–water partition coefficient (Wildman–Crippen LogP) is 1.61. The van der Waals surface area contributed by atoms with Crippen molar-refractivity contribution in [3.63, 3.8) is 0 Å². The zero-order valence-corrected chi connectivity index (χ0v) is 6.91. The minimum atomic E-state index is 0.0325. The molecule has 0 amide bonds. The molecule has 0 radical (unpaired) electrons. The van der Waals surface area contributed by atoms with Crippen LogP contribution in [0.25, 0.3) is 0 Å². The predicted molar refractivity (Wildman–Crippen MR) is 43.1 cm³/mol. The monoisotopic (exact) mass is 157 g/mol. The van der Waals surface area contributed by atoms with Crippen LogP contribution in [0.15, 0.2) is 4.99 Å². The molecule has 1 aliphatic carbocycles. The van der Waals surface area contributed by atoms with E-state index in [-0.39, 0.29) is 5.54 Å². The summed E-state index contributed by atoms with van der Waals surface area (Å²) in [6.45, 7) is 0. The lowest BCUT2D eigenvalue weighted by Gasteiger charge is -2.03. The van der Waals surface area contributed by atoms with E-state index in [0.717, 1.165) is 25.0 Å². The van der Waals surface area contributed by atoms with Crippen LogP contribution in [0.2, 0.25) is 0 Å². The Bertz CT molecular complexity index is 159. The highest BCUT2D eigenvalue weighted by Crippen LogP contribution is 2.42. The molecule has 0 aromatic rings. The van der Waals surface area contributed by atoms with Gasteiger partial charge < -0.3 is 0 Å². The summed E-state index contributed by atoms with van der Waals surface area (Å²) in [6.07, 6.45) is 6.93. The van der Waals surface area contributed by atoms with Crippen molar-refractivity contribution in [3.8, 4) is 0 Å². The van der Waals surface area contributed by atoms with Crippen molar-refractivity contribution in [1.82, 2.24) is 0 Å². The summed E-state index contributed by atoms with van der Waals surface area (Å²) in [5.74, 6) is 1.10. The second kappa shape index (κ2) is 3.22. The maximum absolute atomic E-state index is 9.93. The van der Waals surface area contributed by atoms with Crippen LogP contribution < -0.4 is 0 Å². The van der Waals surface area contributed by atoms with Crippen molar-refractivity contribution < 1.29 is 4.79 Å². The number of rotatable bonds is 4. The number of carbonyl (C=O) groups excluding carboxylic acids is 1. The summed E-state index contributed by atoms with van der Waals surface area (Å²) in [5, 5.41) is 0. The Kier molecular flexibility index (Phi) is 2.52. The molecule has 1 rings (SSSR count). The summed E-state index contributed by atoms with van der Waals surface area (Å²) in [7, 11) is 0. The first-order chi connectivity index (χ1) is 4.83. The number of nitrogens with zero attached hydrogens (tertiary/aromatic N) is 1. The number of isocyanates is 1. The van der Waals surface area contributed by atoms with Crippen molar-refractivity contribution in [1.29, 1.82) is 0 Å². The molecule has 0 bridgehead atoms. The molecule has 1 saturated carbocycles. The van der Waals surface area contributed by atoms with Crippen molar-refractivity contribution in [3.05, 3.63) is 0 Å². The Morgan fingerprint density at radius 3 is 2.80 bits per heavy atom. The number of hydrogen-bond acceptors (Lipinski definition) is 3. The van der Waals surface area contributed by atoms with Gasteiger partial charge in [0.15, 0.2) is 0 Å². The quantitative estimate of drug-likeness (QED) is 0.458. The first-order valence-corrected chi connectivity index (χ1v) is 4.80. The van der Waals surface area contributed by atoms with E-state index in [9.17, 15) is 4.79 Å². The minimum absolute atomic E-state index is 0.0325. The van der Waals surface area contributed by atoms with E-state index in [1.807, 2.05) is 0 Å². The molecular weight excluding hydrogens is 146 g/mol. The summed E-state index contributed by atoms with van der Waals surface area (Å²) in [5.41, 5.74) is 0.0325. The fourth-order valence-electron chi connectivity index (χ4n) is 0.951. The van der Waals surface area contributed by atoms with Crippen LogP contribution in [0.5, 0.6) is 0 Å². The molecular formula is C7H11NOS. The Labute approximate surface area is 65.1 Å². The molecule has 3 heteroatoms. The summed E-state index contributed by atoms with van der Waals surface area (Å²) in [6, 6.07) is 0. The summed E-state index contributed by atoms with van der Waals surface area (Å²) < 4.78 is 0. The van der Waals surface area contributed by atoms with Gasteiger partial charge in [0, 0.05) is 0 Å². The van der Waals surface area contributed by atoms with Gasteiger partial charge in [0.05, 0.1) is 5.54 Å². The average molecular weight is 157 g/mol. The van der Waals surface area contributed by atoms with E-state index in [1.54, 1.807) is 17.8 Å². The van der Waals surface area contributed by atoms with Crippen molar-refractivity contribution in [2.24, 2.45) is 4.99 Å². The molecule has 1 fully saturated rings. The van der Waals surface area contributed by atoms with Gasteiger partial charge in [-0.15, -0.1) is 0 Å². The van der Waals surface area contributed by atoms with Crippen molar-refractivity contribution in [2.75, 3.05) is 12.0 Å². The molecule has 0 spiro atoms. The lowest BCUT2D eigenvalue weighted by atomic mass is 10.2. The van der Waals surface area contributed by atoms with Crippen molar-refractivity contribution in [2.45, 2.75) is 24.8 Å². The smallest absolute Gasteiger partial charge is 0.211 e. The molecule has 0 heterocycles. The SMILES string of the molecule is CSCCC1(N=C=O)CC1. The van der Waals surface area contributed by atoms with Gasteiger partial charge >= 0.3 is 0 Å². The van der Waals surface area contributed by atoms with Gasteiger partial charge in [-0.05, 0) is 31.3 Å². The van der Waals surface area contributed by atoms with Gasteiger partial charge in [0.1, 0.15) is 0 Å². The van der Waals surface area contributed by atoms with Gasteiger partial charge in [-0.25, -0.2) is 4.79 Å². The fourth-order valence-corrected chi connectivity index (χ4v) is 1.53. The minimum Gasteiger partial charge on any atom is -0.211 e. The molecule has 0 N–H and O–H groups in total. The molecule has 2 nitrogen and oxygen atoms in total. The molecule has 0 aliphatic heterocycles. The van der Waals surface area contributed by atoms with E-state index >= 15 is 0 Å². The van der Waals surface area contributed by atoms with Gasteiger partial charge in [0.25, 0.3) is 0 Å². The van der Waals surface area contributed by atoms with E-state index in [2.05, 4.69) is 11.2 Å². The maximum atomic E-state index is 9.93. The molecule has 0 aromatic heterocycles. The van der Waals surface area contributed by atoms with Gasteiger partial charge in [-0.1, -0.05) is 0 Å². The lowest BCUT2D eigenvalue weighted by molar-refractivity contribution is 0.552. The highest BCUT2D eigenvalue weighted by atomic mass is 32.2. The van der Waals surface area contributed by atoms with E-state index < -0.39 is 0 Å². The molecule has 56 valence electrons.